The van der Waals surface area contributed by atoms with Gasteiger partial charge in [-0.3, -0.25) is 9.79 Å². The number of primary amides is 1. The van der Waals surface area contributed by atoms with Crippen LogP contribution >= 0.6 is 0 Å². The van der Waals surface area contributed by atoms with E-state index >= 15 is 0 Å². The van der Waals surface area contributed by atoms with Crippen LogP contribution in [0, 0.1) is 12.8 Å². The molecule has 0 spiro atoms. The summed E-state index contributed by atoms with van der Waals surface area (Å²) < 4.78 is 0. The van der Waals surface area contributed by atoms with E-state index in [1.807, 2.05) is 7.05 Å². The Morgan fingerprint density at radius 2 is 2.04 bits per heavy atom. The highest BCUT2D eigenvalue weighted by atomic mass is 16.1. The maximum absolute atomic E-state index is 11.2. The van der Waals surface area contributed by atoms with Gasteiger partial charge >= 0.3 is 0 Å². The SMILES string of the molecule is CN=C(NCC(C)(C)c1ccc(C)cc1)N1CCCC(CC(N)=O)C1. The van der Waals surface area contributed by atoms with Gasteiger partial charge in [0.2, 0.25) is 5.91 Å². The number of benzene rings is 1. The molecule has 5 heteroatoms. The topological polar surface area (TPSA) is 70.7 Å². The largest absolute Gasteiger partial charge is 0.370 e. The summed E-state index contributed by atoms with van der Waals surface area (Å²) in [4.78, 5) is 17.9. The predicted molar refractivity (Wildman–Crippen MR) is 104 cm³/mol. The van der Waals surface area contributed by atoms with Crippen LogP contribution in [-0.4, -0.2) is 43.4 Å². The quantitative estimate of drug-likeness (QED) is 0.637. The van der Waals surface area contributed by atoms with Crippen LogP contribution in [0.25, 0.3) is 0 Å². The molecule has 0 aromatic heterocycles. The summed E-state index contributed by atoms with van der Waals surface area (Å²) in [6.45, 7) is 9.21. The third kappa shape index (κ3) is 5.48. The number of rotatable bonds is 5. The minimum absolute atomic E-state index is 0.00600. The number of aliphatic imine (C=N–C) groups is 1. The maximum atomic E-state index is 11.2. The summed E-state index contributed by atoms with van der Waals surface area (Å²) in [6, 6.07) is 8.71. The van der Waals surface area contributed by atoms with Crippen molar-refractivity contribution >= 4 is 11.9 Å². The number of piperidine rings is 1. The van der Waals surface area contributed by atoms with Crippen LogP contribution in [0.4, 0.5) is 0 Å². The first-order valence-corrected chi connectivity index (χ1v) is 9.13. The van der Waals surface area contributed by atoms with E-state index in [1.165, 1.54) is 11.1 Å². The first-order valence-electron chi connectivity index (χ1n) is 9.13. The van der Waals surface area contributed by atoms with Crippen molar-refractivity contribution in [1.82, 2.24) is 10.2 Å². The fourth-order valence-corrected chi connectivity index (χ4v) is 3.45. The van der Waals surface area contributed by atoms with Gasteiger partial charge in [-0.2, -0.15) is 0 Å². The van der Waals surface area contributed by atoms with Crippen LogP contribution in [-0.2, 0) is 10.2 Å². The Bertz CT molecular complexity index is 607. The normalized spacial score (nSPS) is 19.0. The molecule has 1 aliphatic heterocycles. The Balaban J connectivity index is 1.97. The molecule has 1 aromatic carbocycles. The number of aryl methyl sites for hydroxylation is 1. The second kappa shape index (κ2) is 8.37. The number of amides is 1. The number of likely N-dealkylation sites (tertiary alicyclic amines) is 1. The van der Waals surface area contributed by atoms with Crippen LogP contribution in [0.1, 0.15) is 44.2 Å². The Morgan fingerprint density at radius 1 is 1.36 bits per heavy atom. The third-order valence-corrected chi connectivity index (χ3v) is 5.04. The zero-order valence-electron chi connectivity index (χ0n) is 16.0. The highest BCUT2D eigenvalue weighted by molar-refractivity contribution is 5.80. The molecule has 3 N–H and O–H groups in total. The molecule has 1 fully saturated rings. The standard InChI is InChI=1S/C20H32N4O/c1-15-7-9-17(10-8-15)20(2,3)14-23-19(22-4)24-11-5-6-16(13-24)12-18(21)25/h7-10,16H,5-6,11-14H2,1-4H3,(H2,21,25)(H,22,23). The average Bonchev–Trinajstić information content (AvgIpc) is 2.55. The highest BCUT2D eigenvalue weighted by Gasteiger charge is 2.26. The lowest BCUT2D eigenvalue weighted by Crippen LogP contribution is -2.49. The molecule has 5 nitrogen and oxygen atoms in total. The van der Waals surface area contributed by atoms with E-state index in [4.69, 9.17) is 5.73 Å². The van der Waals surface area contributed by atoms with Gasteiger partial charge in [0.1, 0.15) is 0 Å². The molecule has 1 aromatic rings. The van der Waals surface area contributed by atoms with E-state index in [1.54, 1.807) is 0 Å². The van der Waals surface area contributed by atoms with Gasteiger partial charge in [0.25, 0.3) is 0 Å². The van der Waals surface area contributed by atoms with Crippen LogP contribution < -0.4 is 11.1 Å². The van der Waals surface area contributed by atoms with Crippen LogP contribution in [0.5, 0.6) is 0 Å². The monoisotopic (exact) mass is 344 g/mol. The van der Waals surface area contributed by atoms with Crippen molar-refractivity contribution in [2.45, 2.75) is 45.4 Å². The van der Waals surface area contributed by atoms with Crippen molar-refractivity contribution in [3.05, 3.63) is 35.4 Å². The van der Waals surface area contributed by atoms with E-state index in [9.17, 15) is 4.79 Å². The third-order valence-electron chi connectivity index (χ3n) is 5.04. The summed E-state index contributed by atoms with van der Waals surface area (Å²) in [5, 5.41) is 3.53. The maximum Gasteiger partial charge on any atom is 0.217 e. The summed E-state index contributed by atoms with van der Waals surface area (Å²) in [5.41, 5.74) is 7.96. The zero-order valence-corrected chi connectivity index (χ0v) is 16.0. The smallest absolute Gasteiger partial charge is 0.217 e. The predicted octanol–water partition coefficient (Wildman–Crippen LogP) is 2.44. The molecule has 1 aliphatic rings. The number of nitrogens with zero attached hydrogens (tertiary/aromatic N) is 2. The van der Waals surface area contributed by atoms with Gasteiger partial charge in [0, 0.05) is 38.5 Å². The van der Waals surface area contributed by atoms with E-state index in [-0.39, 0.29) is 11.3 Å². The van der Waals surface area contributed by atoms with E-state index in [0.29, 0.717) is 12.3 Å². The molecular formula is C20H32N4O. The van der Waals surface area contributed by atoms with Gasteiger partial charge in [-0.1, -0.05) is 43.7 Å². The van der Waals surface area contributed by atoms with Crippen molar-refractivity contribution in [1.29, 1.82) is 0 Å². The highest BCUT2D eigenvalue weighted by Crippen LogP contribution is 2.23. The molecule has 138 valence electrons. The molecule has 0 radical (unpaired) electrons. The van der Waals surface area contributed by atoms with Crippen LogP contribution in [0.2, 0.25) is 0 Å². The second-order valence-corrected chi connectivity index (χ2v) is 7.78. The molecule has 2 rings (SSSR count). The Labute approximate surface area is 151 Å². The van der Waals surface area contributed by atoms with Gasteiger partial charge in [0.05, 0.1) is 0 Å². The molecule has 1 atom stereocenters. The number of nitrogens with two attached hydrogens (primary N) is 1. The molecule has 25 heavy (non-hydrogen) atoms. The van der Waals surface area contributed by atoms with Crippen molar-refractivity contribution in [2.75, 3.05) is 26.7 Å². The molecule has 0 aliphatic carbocycles. The fourth-order valence-electron chi connectivity index (χ4n) is 3.45. The number of carbonyl (C=O) groups is 1. The first-order chi connectivity index (χ1) is 11.8. The Hall–Kier alpha value is -2.04. The average molecular weight is 345 g/mol. The van der Waals surface area contributed by atoms with E-state index < -0.39 is 0 Å². The molecule has 0 bridgehead atoms. The van der Waals surface area contributed by atoms with Gasteiger partial charge in [-0.25, -0.2) is 0 Å². The summed E-state index contributed by atoms with van der Waals surface area (Å²) in [6.07, 6.45) is 2.59. The van der Waals surface area contributed by atoms with Gasteiger partial charge < -0.3 is 16.0 Å². The molecule has 1 saturated heterocycles. The van der Waals surface area contributed by atoms with E-state index in [0.717, 1.165) is 38.4 Å². The number of nitrogens with one attached hydrogen (secondary N) is 1. The van der Waals surface area contributed by atoms with Crippen LogP contribution in [0.3, 0.4) is 0 Å². The van der Waals surface area contributed by atoms with E-state index in [2.05, 4.69) is 60.2 Å². The van der Waals surface area contributed by atoms with Crippen molar-refractivity contribution in [3.63, 3.8) is 0 Å². The lowest BCUT2D eigenvalue weighted by molar-refractivity contribution is -0.119. The van der Waals surface area contributed by atoms with Gasteiger partial charge in [-0.05, 0) is 31.2 Å². The lowest BCUT2D eigenvalue weighted by atomic mass is 9.84. The Morgan fingerprint density at radius 3 is 2.64 bits per heavy atom. The second-order valence-electron chi connectivity index (χ2n) is 7.78. The first kappa shape index (κ1) is 19.3. The number of guanidine groups is 1. The fraction of sp³-hybridized carbons (Fsp3) is 0.600. The van der Waals surface area contributed by atoms with Crippen molar-refractivity contribution < 1.29 is 4.79 Å². The van der Waals surface area contributed by atoms with Crippen molar-refractivity contribution in [3.8, 4) is 0 Å². The summed E-state index contributed by atoms with van der Waals surface area (Å²) >= 11 is 0. The summed E-state index contributed by atoms with van der Waals surface area (Å²) in [7, 11) is 1.82. The van der Waals surface area contributed by atoms with Crippen LogP contribution in [0.15, 0.2) is 29.3 Å². The zero-order chi connectivity index (χ0) is 18.4. The molecule has 0 saturated carbocycles. The number of hydrogen-bond donors (Lipinski definition) is 2. The molecule has 1 unspecified atom stereocenters. The Kier molecular flexibility index (Phi) is 6.45. The van der Waals surface area contributed by atoms with Crippen molar-refractivity contribution in [2.24, 2.45) is 16.6 Å². The van der Waals surface area contributed by atoms with Gasteiger partial charge in [-0.15, -0.1) is 0 Å². The molecular weight excluding hydrogens is 312 g/mol. The lowest BCUT2D eigenvalue weighted by Gasteiger charge is -2.36. The number of hydrogen-bond acceptors (Lipinski definition) is 2. The molecule has 1 amide bonds. The molecule has 1 heterocycles. The minimum atomic E-state index is -0.213. The minimum Gasteiger partial charge on any atom is -0.370 e. The number of carbonyl (C=O) groups excluding carboxylic acids is 1. The van der Waals surface area contributed by atoms with Gasteiger partial charge in [0.15, 0.2) is 5.96 Å². The summed E-state index contributed by atoms with van der Waals surface area (Å²) in [5.74, 6) is 1.03.